The summed E-state index contributed by atoms with van der Waals surface area (Å²) in [5.74, 6) is 0. The van der Waals surface area contributed by atoms with Crippen molar-refractivity contribution in [1.82, 2.24) is 0 Å². The molecule has 0 fully saturated rings. The minimum absolute atomic E-state index is 1.21. The van der Waals surface area contributed by atoms with Crippen LogP contribution in [0.3, 0.4) is 0 Å². The van der Waals surface area contributed by atoms with E-state index in [1.807, 2.05) is 0 Å². The van der Waals surface area contributed by atoms with E-state index in [0.29, 0.717) is 0 Å². The maximum atomic E-state index is 3.43. The molecular formula is C7H13BrS. The molecule has 0 amide bonds. The van der Waals surface area contributed by atoms with Crippen molar-refractivity contribution in [3.63, 3.8) is 0 Å². The first-order valence-electron chi connectivity index (χ1n) is 3.21. The van der Waals surface area contributed by atoms with Crippen LogP contribution in [-0.2, 0) is 0 Å². The SMILES string of the molecule is CCCC/C=C(/Br)SC. The Kier molecular flexibility index (Phi) is 7.11. The second kappa shape index (κ2) is 6.69. The molecule has 0 aliphatic carbocycles. The normalized spacial score (nSPS) is 12.1. The molecule has 0 unspecified atom stereocenters. The van der Waals surface area contributed by atoms with Crippen LogP contribution in [-0.4, -0.2) is 6.26 Å². The van der Waals surface area contributed by atoms with E-state index in [9.17, 15) is 0 Å². The molecule has 0 saturated carbocycles. The number of rotatable bonds is 4. The molecule has 0 spiro atoms. The third-order valence-electron chi connectivity index (χ3n) is 1.06. The Bertz CT molecular complexity index is 88.9. The van der Waals surface area contributed by atoms with E-state index in [-0.39, 0.29) is 0 Å². The topological polar surface area (TPSA) is 0 Å². The zero-order chi connectivity index (χ0) is 7.11. The van der Waals surface area contributed by atoms with Gasteiger partial charge < -0.3 is 0 Å². The first-order chi connectivity index (χ1) is 4.31. The van der Waals surface area contributed by atoms with Crippen LogP contribution in [0.4, 0.5) is 0 Å². The zero-order valence-corrected chi connectivity index (χ0v) is 8.39. The standard InChI is InChI=1S/C7H13BrS/c1-3-4-5-6-7(8)9-2/h6H,3-5H2,1-2H3/b7-6-. The van der Waals surface area contributed by atoms with Crippen molar-refractivity contribution < 1.29 is 0 Å². The molecule has 0 nitrogen and oxygen atoms in total. The third kappa shape index (κ3) is 6.46. The van der Waals surface area contributed by atoms with E-state index < -0.39 is 0 Å². The summed E-state index contributed by atoms with van der Waals surface area (Å²) in [6.45, 7) is 2.21. The Labute approximate surface area is 70.2 Å². The van der Waals surface area contributed by atoms with Gasteiger partial charge in [-0.1, -0.05) is 25.8 Å². The van der Waals surface area contributed by atoms with Crippen molar-refractivity contribution in [3.8, 4) is 0 Å². The quantitative estimate of drug-likeness (QED) is 0.635. The smallest absolute Gasteiger partial charge is 0.0460 e. The maximum absolute atomic E-state index is 3.43. The molecule has 0 saturated heterocycles. The van der Waals surface area contributed by atoms with Crippen LogP contribution in [0.15, 0.2) is 9.89 Å². The Balaban J connectivity index is 3.21. The van der Waals surface area contributed by atoms with Gasteiger partial charge in [-0.2, -0.15) is 0 Å². The number of unbranched alkanes of at least 4 members (excludes halogenated alkanes) is 2. The number of thioether (sulfide) groups is 1. The van der Waals surface area contributed by atoms with Crippen LogP contribution in [0.1, 0.15) is 26.2 Å². The van der Waals surface area contributed by atoms with Gasteiger partial charge in [-0.25, -0.2) is 0 Å². The van der Waals surface area contributed by atoms with Crippen molar-refractivity contribution in [2.75, 3.05) is 6.26 Å². The van der Waals surface area contributed by atoms with Gasteiger partial charge in [0.2, 0.25) is 0 Å². The molecular weight excluding hydrogens is 196 g/mol. The molecule has 0 aromatic rings. The highest BCUT2D eigenvalue weighted by Crippen LogP contribution is 2.19. The maximum Gasteiger partial charge on any atom is 0.0460 e. The van der Waals surface area contributed by atoms with Gasteiger partial charge in [-0.15, -0.1) is 11.8 Å². The van der Waals surface area contributed by atoms with E-state index in [0.717, 1.165) is 0 Å². The second-order valence-corrected chi connectivity index (χ2v) is 4.08. The summed E-state index contributed by atoms with van der Waals surface area (Å²) in [4.78, 5) is 0. The molecule has 0 rings (SSSR count). The monoisotopic (exact) mass is 208 g/mol. The summed E-state index contributed by atoms with van der Waals surface area (Å²) >= 11 is 5.18. The number of hydrogen-bond acceptors (Lipinski definition) is 1. The van der Waals surface area contributed by atoms with Crippen LogP contribution < -0.4 is 0 Å². The largest absolute Gasteiger partial charge is 0.122 e. The summed E-state index contributed by atoms with van der Waals surface area (Å²) in [7, 11) is 0. The summed E-state index contributed by atoms with van der Waals surface area (Å²) < 4.78 is 1.26. The van der Waals surface area contributed by atoms with Crippen molar-refractivity contribution >= 4 is 27.7 Å². The van der Waals surface area contributed by atoms with E-state index in [1.165, 1.54) is 23.1 Å². The number of hydrogen-bond donors (Lipinski definition) is 0. The molecule has 0 aliphatic heterocycles. The zero-order valence-electron chi connectivity index (χ0n) is 5.98. The van der Waals surface area contributed by atoms with Crippen LogP contribution in [0.5, 0.6) is 0 Å². The van der Waals surface area contributed by atoms with Crippen LogP contribution >= 0.6 is 27.7 Å². The van der Waals surface area contributed by atoms with Gasteiger partial charge in [-0.05, 0) is 28.6 Å². The van der Waals surface area contributed by atoms with Gasteiger partial charge in [0.15, 0.2) is 0 Å². The van der Waals surface area contributed by atoms with Crippen molar-refractivity contribution in [3.05, 3.63) is 9.89 Å². The van der Waals surface area contributed by atoms with Gasteiger partial charge in [0.05, 0.1) is 0 Å². The Morgan fingerprint density at radius 3 is 2.78 bits per heavy atom. The van der Waals surface area contributed by atoms with Gasteiger partial charge in [0.1, 0.15) is 0 Å². The van der Waals surface area contributed by atoms with Crippen molar-refractivity contribution in [2.45, 2.75) is 26.2 Å². The lowest BCUT2D eigenvalue weighted by atomic mass is 10.2. The number of allylic oxidation sites excluding steroid dienone is 1. The highest BCUT2D eigenvalue weighted by Gasteiger charge is 1.84. The molecule has 0 heterocycles. The fraction of sp³-hybridized carbons (Fsp3) is 0.714. The predicted octanol–water partition coefficient (Wildman–Crippen LogP) is 3.78. The summed E-state index contributed by atoms with van der Waals surface area (Å²) in [6, 6.07) is 0. The third-order valence-corrected chi connectivity index (χ3v) is 2.91. The van der Waals surface area contributed by atoms with Crippen LogP contribution in [0.2, 0.25) is 0 Å². The lowest BCUT2D eigenvalue weighted by molar-refractivity contribution is 0.815. The fourth-order valence-electron chi connectivity index (χ4n) is 0.503. The Morgan fingerprint density at radius 1 is 1.67 bits per heavy atom. The number of halogens is 1. The summed E-state index contributed by atoms with van der Waals surface area (Å²) in [6.07, 6.45) is 8.10. The van der Waals surface area contributed by atoms with Crippen molar-refractivity contribution in [2.24, 2.45) is 0 Å². The van der Waals surface area contributed by atoms with Crippen LogP contribution in [0, 0.1) is 0 Å². The fourth-order valence-corrected chi connectivity index (χ4v) is 1.02. The van der Waals surface area contributed by atoms with Crippen molar-refractivity contribution in [1.29, 1.82) is 0 Å². The first kappa shape index (κ1) is 9.57. The van der Waals surface area contributed by atoms with Gasteiger partial charge in [0.25, 0.3) is 0 Å². The molecule has 0 bridgehead atoms. The van der Waals surface area contributed by atoms with E-state index in [4.69, 9.17) is 0 Å². The minimum atomic E-state index is 1.21. The first-order valence-corrected chi connectivity index (χ1v) is 5.22. The van der Waals surface area contributed by atoms with E-state index >= 15 is 0 Å². The molecule has 54 valence electrons. The van der Waals surface area contributed by atoms with E-state index in [2.05, 4.69) is 35.2 Å². The summed E-state index contributed by atoms with van der Waals surface area (Å²) in [5.41, 5.74) is 0. The lowest BCUT2D eigenvalue weighted by Crippen LogP contribution is -1.67. The average Bonchev–Trinajstić information content (AvgIpc) is 1.89. The van der Waals surface area contributed by atoms with Gasteiger partial charge in [0, 0.05) is 3.81 Å². The average molecular weight is 209 g/mol. The molecule has 0 atom stereocenters. The highest BCUT2D eigenvalue weighted by molar-refractivity contribution is 9.14. The summed E-state index contributed by atoms with van der Waals surface area (Å²) in [5, 5.41) is 0. The molecule has 9 heavy (non-hydrogen) atoms. The Morgan fingerprint density at radius 2 is 2.33 bits per heavy atom. The second-order valence-electron chi connectivity index (χ2n) is 1.85. The van der Waals surface area contributed by atoms with E-state index in [1.54, 1.807) is 11.8 Å². The predicted molar refractivity (Wildman–Crippen MR) is 50.1 cm³/mol. The van der Waals surface area contributed by atoms with Crippen LogP contribution in [0.25, 0.3) is 0 Å². The minimum Gasteiger partial charge on any atom is -0.122 e. The molecule has 0 N–H and O–H groups in total. The molecule has 0 radical (unpaired) electrons. The lowest BCUT2D eigenvalue weighted by Gasteiger charge is -1.91. The Hall–Kier alpha value is 0.570. The molecule has 0 aromatic carbocycles. The van der Waals surface area contributed by atoms with Gasteiger partial charge >= 0.3 is 0 Å². The highest BCUT2D eigenvalue weighted by atomic mass is 79.9. The molecule has 2 heteroatoms. The van der Waals surface area contributed by atoms with Gasteiger partial charge in [-0.3, -0.25) is 0 Å². The molecule has 0 aromatic heterocycles. The molecule has 0 aliphatic rings.